The van der Waals surface area contributed by atoms with E-state index in [1.54, 1.807) is 6.20 Å². The van der Waals surface area contributed by atoms with Gasteiger partial charge in [-0.15, -0.1) is 11.3 Å². The fraction of sp³-hybridized carbons (Fsp3) is 0.261. The summed E-state index contributed by atoms with van der Waals surface area (Å²) >= 11 is 2.84. The summed E-state index contributed by atoms with van der Waals surface area (Å²) in [5.41, 5.74) is 3.61. The number of benzene rings is 1. The maximum Gasteiger partial charge on any atom is 0.260 e. The minimum atomic E-state index is -0.156. The van der Waals surface area contributed by atoms with Gasteiger partial charge in [0, 0.05) is 34.7 Å². The number of nitrogens with zero attached hydrogens (tertiary/aromatic N) is 1. The third kappa shape index (κ3) is 4.75. The number of pyridine rings is 1. The van der Waals surface area contributed by atoms with E-state index in [1.165, 1.54) is 34.7 Å². The number of thiophene rings is 1. The molecule has 0 saturated heterocycles. The molecule has 0 amide bonds. The molecule has 3 aromatic heterocycles. The number of H-pyrrole nitrogens is 2. The van der Waals surface area contributed by atoms with Gasteiger partial charge in [-0.3, -0.25) is 9.59 Å². The van der Waals surface area contributed by atoms with Crippen molar-refractivity contribution >= 4 is 33.3 Å². The van der Waals surface area contributed by atoms with Gasteiger partial charge in [-0.25, -0.2) is 4.98 Å². The van der Waals surface area contributed by atoms with Crippen molar-refractivity contribution in [1.82, 2.24) is 15.0 Å². The van der Waals surface area contributed by atoms with Gasteiger partial charge < -0.3 is 14.7 Å². The van der Waals surface area contributed by atoms with Crippen LogP contribution in [0.15, 0.2) is 56.7 Å². The van der Waals surface area contributed by atoms with Gasteiger partial charge >= 0.3 is 0 Å². The van der Waals surface area contributed by atoms with Crippen molar-refractivity contribution in [1.29, 1.82) is 0 Å². The predicted molar refractivity (Wildman–Crippen MR) is 127 cm³/mol. The van der Waals surface area contributed by atoms with Crippen molar-refractivity contribution in [3.63, 3.8) is 0 Å². The maximum absolute atomic E-state index is 12.8. The van der Waals surface area contributed by atoms with E-state index < -0.39 is 0 Å². The van der Waals surface area contributed by atoms with E-state index in [0.29, 0.717) is 33.5 Å². The molecular weight excluding hydrogens is 430 g/mol. The van der Waals surface area contributed by atoms with Crippen molar-refractivity contribution < 1.29 is 4.74 Å². The number of ether oxygens (including phenoxy) is 1. The number of aryl methyl sites for hydroxylation is 1. The molecule has 1 aromatic carbocycles. The number of thioether (sulfide) groups is 1. The highest BCUT2D eigenvalue weighted by Gasteiger charge is 2.13. The van der Waals surface area contributed by atoms with Crippen molar-refractivity contribution in [2.75, 3.05) is 6.61 Å². The maximum atomic E-state index is 12.8. The average Bonchev–Trinajstić information content (AvgIpc) is 3.22. The quantitative estimate of drug-likeness (QED) is 0.290. The molecule has 0 unspecified atom stereocenters. The van der Waals surface area contributed by atoms with Crippen molar-refractivity contribution in [2.24, 2.45) is 0 Å². The number of fused-ring (bicyclic) bond motifs is 1. The zero-order chi connectivity index (χ0) is 21.8. The van der Waals surface area contributed by atoms with Crippen LogP contribution in [0, 0.1) is 0 Å². The molecule has 4 rings (SSSR count). The standard InChI is InChI=1S/C23H23N3O3S2/c1-3-9-29-19-11-24-16(10-18(19)27)12-31-23-25-21(28)20-17(13-30-22(20)26-23)15-7-5-14(4-2)6-8-15/h5-8,10-11,13H,3-4,9,12H2,1-2H3,(H,24,27)(H,25,26,28). The van der Waals surface area contributed by atoms with Gasteiger partial charge in [0.25, 0.3) is 5.56 Å². The number of hydrogen-bond donors (Lipinski definition) is 2. The van der Waals surface area contributed by atoms with Crippen LogP contribution in [0.5, 0.6) is 5.75 Å². The molecule has 0 saturated carbocycles. The summed E-state index contributed by atoms with van der Waals surface area (Å²) in [4.78, 5) is 36.2. The third-order valence-electron chi connectivity index (χ3n) is 4.86. The molecule has 0 spiro atoms. The van der Waals surface area contributed by atoms with Crippen molar-refractivity contribution in [3.05, 3.63) is 73.7 Å². The first-order valence-electron chi connectivity index (χ1n) is 10.2. The van der Waals surface area contributed by atoms with Gasteiger partial charge in [0.05, 0.1) is 12.0 Å². The highest BCUT2D eigenvalue weighted by atomic mass is 32.2. The van der Waals surface area contributed by atoms with Gasteiger partial charge in [-0.1, -0.05) is 49.9 Å². The zero-order valence-corrected chi connectivity index (χ0v) is 19.0. The molecule has 2 N–H and O–H groups in total. The van der Waals surface area contributed by atoms with E-state index in [2.05, 4.69) is 34.0 Å². The summed E-state index contributed by atoms with van der Waals surface area (Å²) in [5, 5.41) is 3.12. The molecule has 3 heterocycles. The Morgan fingerprint density at radius 1 is 1.16 bits per heavy atom. The molecular formula is C23H23N3O3S2. The Morgan fingerprint density at radius 2 is 1.97 bits per heavy atom. The molecule has 0 fully saturated rings. The van der Waals surface area contributed by atoms with Gasteiger partial charge in [0.15, 0.2) is 10.9 Å². The normalized spacial score (nSPS) is 11.2. The minimum Gasteiger partial charge on any atom is -0.488 e. The largest absolute Gasteiger partial charge is 0.488 e. The Labute approximate surface area is 187 Å². The average molecular weight is 454 g/mol. The van der Waals surface area contributed by atoms with Crippen LogP contribution in [-0.2, 0) is 12.2 Å². The minimum absolute atomic E-state index is 0.153. The van der Waals surface area contributed by atoms with Crippen LogP contribution < -0.4 is 15.7 Å². The molecule has 0 aliphatic heterocycles. The first-order chi connectivity index (χ1) is 15.1. The van der Waals surface area contributed by atoms with Gasteiger partial charge in [-0.2, -0.15) is 0 Å². The summed E-state index contributed by atoms with van der Waals surface area (Å²) in [5.74, 6) is 0.802. The Kier molecular flexibility index (Phi) is 6.58. The van der Waals surface area contributed by atoms with Crippen LogP contribution >= 0.6 is 23.1 Å². The van der Waals surface area contributed by atoms with E-state index >= 15 is 0 Å². The second-order valence-electron chi connectivity index (χ2n) is 7.07. The molecule has 0 bridgehead atoms. The van der Waals surface area contributed by atoms with Crippen LogP contribution in [0.2, 0.25) is 0 Å². The Hall–Kier alpha value is -2.84. The van der Waals surface area contributed by atoms with Crippen LogP contribution in [0.3, 0.4) is 0 Å². The first-order valence-corrected chi connectivity index (χ1v) is 12.0. The molecule has 0 radical (unpaired) electrons. The van der Waals surface area contributed by atoms with Crippen molar-refractivity contribution in [3.8, 4) is 16.9 Å². The molecule has 6 nitrogen and oxygen atoms in total. The lowest BCUT2D eigenvalue weighted by Crippen LogP contribution is -2.10. The molecule has 8 heteroatoms. The highest BCUT2D eigenvalue weighted by Crippen LogP contribution is 2.32. The van der Waals surface area contributed by atoms with Gasteiger partial charge in [-0.05, 0) is 24.0 Å². The monoisotopic (exact) mass is 453 g/mol. The Morgan fingerprint density at radius 3 is 2.68 bits per heavy atom. The summed E-state index contributed by atoms with van der Waals surface area (Å²) in [6.07, 6.45) is 3.41. The van der Waals surface area contributed by atoms with E-state index in [9.17, 15) is 9.59 Å². The smallest absolute Gasteiger partial charge is 0.260 e. The molecule has 0 aliphatic carbocycles. The van der Waals surface area contributed by atoms with Crippen LogP contribution in [-0.4, -0.2) is 21.6 Å². The number of hydrogen-bond acceptors (Lipinski definition) is 6. The van der Waals surface area contributed by atoms with Gasteiger partial charge in [0.1, 0.15) is 4.83 Å². The van der Waals surface area contributed by atoms with Crippen LogP contribution in [0.25, 0.3) is 21.3 Å². The summed E-state index contributed by atoms with van der Waals surface area (Å²) in [7, 11) is 0. The Balaban J connectivity index is 1.54. The molecule has 31 heavy (non-hydrogen) atoms. The fourth-order valence-electron chi connectivity index (χ4n) is 3.18. The van der Waals surface area contributed by atoms with Crippen LogP contribution in [0.4, 0.5) is 0 Å². The number of nitrogens with one attached hydrogen (secondary N) is 2. The molecule has 0 aliphatic rings. The summed E-state index contributed by atoms with van der Waals surface area (Å²) < 4.78 is 5.41. The Bertz CT molecular complexity index is 1310. The molecule has 0 atom stereocenters. The SMILES string of the molecule is CCCOc1c[nH]c(CSc2nc3scc(-c4ccc(CC)cc4)c3c(=O)[nH]2)cc1=O. The zero-order valence-electron chi connectivity index (χ0n) is 17.4. The molecule has 160 valence electrons. The van der Waals surface area contributed by atoms with E-state index in [4.69, 9.17) is 4.74 Å². The number of aromatic amines is 2. The van der Waals surface area contributed by atoms with Crippen LogP contribution in [0.1, 0.15) is 31.5 Å². The summed E-state index contributed by atoms with van der Waals surface area (Å²) in [6, 6.07) is 9.80. The first kappa shape index (κ1) is 21.4. The second kappa shape index (κ2) is 9.53. The highest BCUT2D eigenvalue weighted by molar-refractivity contribution is 7.98. The third-order valence-corrected chi connectivity index (χ3v) is 6.65. The fourth-order valence-corrected chi connectivity index (χ4v) is 4.97. The summed E-state index contributed by atoms with van der Waals surface area (Å²) in [6.45, 7) is 4.61. The lowest BCUT2D eigenvalue weighted by atomic mass is 10.0. The second-order valence-corrected chi connectivity index (χ2v) is 8.90. The van der Waals surface area contributed by atoms with Gasteiger partial charge in [0.2, 0.25) is 5.43 Å². The number of rotatable bonds is 8. The lowest BCUT2D eigenvalue weighted by Gasteiger charge is -2.06. The topological polar surface area (TPSA) is 87.8 Å². The van der Waals surface area contributed by atoms with Crippen molar-refractivity contribution in [2.45, 2.75) is 37.6 Å². The molecule has 4 aromatic rings. The van der Waals surface area contributed by atoms with E-state index in [0.717, 1.165) is 29.7 Å². The predicted octanol–water partition coefficient (Wildman–Crippen LogP) is 4.98. The van der Waals surface area contributed by atoms with E-state index in [1.807, 2.05) is 24.4 Å². The van der Waals surface area contributed by atoms with E-state index in [-0.39, 0.29) is 11.0 Å². The number of aromatic nitrogens is 3. The lowest BCUT2D eigenvalue weighted by molar-refractivity contribution is 0.313.